The summed E-state index contributed by atoms with van der Waals surface area (Å²) in [5.74, 6) is -1.41. The van der Waals surface area contributed by atoms with Gasteiger partial charge < -0.3 is 26.0 Å². The van der Waals surface area contributed by atoms with Crippen LogP contribution in [0.2, 0.25) is 0 Å². The van der Waals surface area contributed by atoms with Crippen molar-refractivity contribution in [1.82, 2.24) is 15.5 Å². The van der Waals surface area contributed by atoms with Crippen LogP contribution < -0.4 is 16.4 Å². The average Bonchev–Trinajstić information content (AvgIpc) is 2.72. The van der Waals surface area contributed by atoms with Gasteiger partial charge in [0, 0.05) is 18.5 Å². The molecule has 0 aliphatic carbocycles. The minimum absolute atomic E-state index is 0.0228. The fourth-order valence-corrected chi connectivity index (χ4v) is 3.96. The van der Waals surface area contributed by atoms with Gasteiger partial charge in [0.2, 0.25) is 17.7 Å². The minimum atomic E-state index is -1.11. The Morgan fingerprint density at radius 2 is 1.69 bits per heavy atom. The Morgan fingerprint density at radius 1 is 1.06 bits per heavy atom. The molecule has 9 nitrogen and oxygen atoms in total. The number of alkyl carbamates (subject to hydrolysis) is 1. The molecular weight excluding hydrogens is 460 g/mol. The van der Waals surface area contributed by atoms with Crippen LogP contribution in [-0.4, -0.2) is 52.4 Å². The van der Waals surface area contributed by atoms with E-state index in [1.807, 2.05) is 58.9 Å². The maximum absolute atomic E-state index is 13.9. The molecule has 0 heterocycles. The molecule has 1 aromatic rings. The summed E-state index contributed by atoms with van der Waals surface area (Å²) in [6.07, 6.45) is 0.766. The van der Waals surface area contributed by atoms with Crippen molar-refractivity contribution in [2.45, 2.75) is 111 Å². The third-order valence-corrected chi connectivity index (χ3v) is 5.47. The molecular formula is C27H44N4O5. The first-order valence-corrected chi connectivity index (χ1v) is 12.6. The topological polar surface area (TPSA) is 131 Å². The summed E-state index contributed by atoms with van der Waals surface area (Å²) in [5, 5.41) is 5.62. The molecule has 1 rings (SSSR count). The van der Waals surface area contributed by atoms with Crippen molar-refractivity contribution in [3.05, 3.63) is 35.4 Å². The summed E-state index contributed by atoms with van der Waals surface area (Å²) < 4.78 is 5.34. The van der Waals surface area contributed by atoms with Crippen LogP contribution in [0, 0.1) is 6.92 Å². The highest BCUT2D eigenvalue weighted by molar-refractivity contribution is 5.92. The average molecular weight is 505 g/mol. The molecule has 3 atom stereocenters. The number of hydrogen-bond acceptors (Lipinski definition) is 5. The second kappa shape index (κ2) is 13.8. The zero-order chi connectivity index (χ0) is 27.6. The molecule has 4 amide bonds. The van der Waals surface area contributed by atoms with Gasteiger partial charge in [-0.05, 0) is 66.9 Å². The first-order chi connectivity index (χ1) is 16.7. The van der Waals surface area contributed by atoms with Crippen molar-refractivity contribution >= 4 is 23.8 Å². The van der Waals surface area contributed by atoms with Crippen molar-refractivity contribution in [3.8, 4) is 0 Å². The quantitative estimate of drug-likeness (QED) is 0.399. The van der Waals surface area contributed by atoms with E-state index >= 15 is 0 Å². The number of nitrogens with one attached hydrogen (secondary N) is 2. The molecule has 0 aliphatic heterocycles. The molecule has 1 aromatic carbocycles. The van der Waals surface area contributed by atoms with Crippen LogP contribution in [0.25, 0.3) is 0 Å². The molecule has 3 unspecified atom stereocenters. The standard InChI is InChI=1S/C27H44N4O5/c1-9-11-19(5)29-24(33)23(20-13-10-12-18(4)16-20)31(17(2)3)25(34)21(14-15-22(28)32)30-26(35)36-27(6,7)8/h10,12-13,16-17,19,21,23H,9,11,14-15H2,1-8H3,(H2,28,32)(H,29,33)(H,30,35). The van der Waals surface area contributed by atoms with E-state index in [1.54, 1.807) is 20.8 Å². The van der Waals surface area contributed by atoms with Crippen molar-refractivity contribution < 1.29 is 23.9 Å². The molecule has 0 spiro atoms. The number of carbonyl (C=O) groups excluding carboxylic acids is 4. The Bertz CT molecular complexity index is 910. The van der Waals surface area contributed by atoms with Crippen LogP contribution in [0.1, 0.15) is 91.3 Å². The fourth-order valence-electron chi connectivity index (χ4n) is 3.96. The molecule has 0 saturated heterocycles. The molecule has 202 valence electrons. The predicted octanol–water partition coefficient (Wildman–Crippen LogP) is 3.74. The lowest BCUT2D eigenvalue weighted by Crippen LogP contribution is -2.55. The number of hydrogen-bond donors (Lipinski definition) is 3. The molecule has 36 heavy (non-hydrogen) atoms. The van der Waals surface area contributed by atoms with Crippen molar-refractivity contribution in [3.63, 3.8) is 0 Å². The SMILES string of the molecule is CCCC(C)NC(=O)C(c1cccc(C)c1)N(C(=O)C(CCC(N)=O)NC(=O)OC(C)(C)C)C(C)C. The summed E-state index contributed by atoms with van der Waals surface area (Å²) in [5.41, 5.74) is 6.16. The van der Waals surface area contributed by atoms with Gasteiger partial charge in [-0.1, -0.05) is 43.2 Å². The normalized spacial score (nSPS) is 13.9. The summed E-state index contributed by atoms with van der Waals surface area (Å²) in [6, 6.07) is 4.92. The van der Waals surface area contributed by atoms with Crippen LogP contribution in [-0.2, 0) is 19.1 Å². The van der Waals surface area contributed by atoms with Crippen LogP contribution in [0.3, 0.4) is 0 Å². The molecule has 0 bridgehead atoms. The molecule has 0 radical (unpaired) electrons. The zero-order valence-electron chi connectivity index (χ0n) is 23.0. The van der Waals surface area contributed by atoms with Crippen molar-refractivity contribution in [2.75, 3.05) is 0 Å². The Kier molecular flexibility index (Phi) is 11.9. The second-order valence-corrected chi connectivity index (χ2v) is 10.6. The van der Waals surface area contributed by atoms with Gasteiger partial charge in [0.1, 0.15) is 17.7 Å². The first-order valence-electron chi connectivity index (χ1n) is 12.6. The molecule has 9 heteroatoms. The highest BCUT2D eigenvalue weighted by atomic mass is 16.6. The van der Waals surface area contributed by atoms with Crippen molar-refractivity contribution in [2.24, 2.45) is 5.73 Å². The van der Waals surface area contributed by atoms with Gasteiger partial charge >= 0.3 is 6.09 Å². The van der Waals surface area contributed by atoms with E-state index in [9.17, 15) is 19.2 Å². The molecule has 0 saturated carbocycles. The second-order valence-electron chi connectivity index (χ2n) is 10.6. The van der Waals surface area contributed by atoms with E-state index in [2.05, 4.69) is 10.6 Å². The maximum Gasteiger partial charge on any atom is 0.408 e. The summed E-state index contributed by atoms with van der Waals surface area (Å²) in [7, 11) is 0. The Labute approximate surface area is 215 Å². The molecule has 0 aromatic heterocycles. The summed E-state index contributed by atoms with van der Waals surface area (Å²) >= 11 is 0. The lowest BCUT2D eigenvalue weighted by Gasteiger charge is -2.37. The highest BCUT2D eigenvalue weighted by Crippen LogP contribution is 2.27. The number of rotatable bonds is 12. The van der Waals surface area contributed by atoms with Crippen LogP contribution >= 0.6 is 0 Å². The predicted molar refractivity (Wildman–Crippen MR) is 140 cm³/mol. The van der Waals surface area contributed by atoms with Gasteiger partial charge in [0.05, 0.1) is 0 Å². The summed E-state index contributed by atoms with van der Waals surface area (Å²) in [4.78, 5) is 53.1. The summed E-state index contributed by atoms with van der Waals surface area (Å²) in [6.45, 7) is 14.6. The van der Waals surface area contributed by atoms with Gasteiger partial charge in [-0.3, -0.25) is 14.4 Å². The van der Waals surface area contributed by atoms with Crippen molar-refractivity contribution in [1.29, 1.82) is 0 Å². The minimum Gasteiger partial charge on any atom is -0.444 e. The first kappa shape index (κ1) is 30.9. The largest absolute Gasteiger partial charge is 0.444 e. The zero-order valence-corrected chi connectivity index (χ0v) is 23.0. The monoisotopic (exact) mass is 504 g/mol. The molecule has 0 fully saturated rings. The van der Waals surface area contributed by atoms with Gasteiger partial charge in [-0.25, -0.2) is 4.79 Å². The maximum atomic E-state index is 13.9. The highest BCUT2D eigenvalue weighted by Gasteiger charge is 2.38. The van der Waals surface area contributed by atoms with E-state index < -0.39 is 41.6 Å². The van der Waals surface area contributed by atoms with E-state index in [0.717, 1.165) is 18.4 Å². The number of benzene rings is 1. The lowest BCUT2D eigenvalue weighted by molar-refractivity contribution is -0.145. The smallest absolute Gasteiger partial charge is 0.408 e. The Morgan fingerprint density at radius 3 is 2.19 bits per heavy atom. The molecule has 4 N–H and O–H groups in total. The van der Waals surface area contributed by atoms with Gasteiger partial charge in [0.25, 0.3) is 0 Å². The Hall–Kier alpha value is -3.10. The van der Waals surface area contributed by atoms with E-state index in [1.165, 1.54) is 4.90 Å². The third kappa shape index (κ3) is 10.3. The number of aryl methyl sites for hydroxylation is 1. The number of amides is 4. The van der Waals surface area contributed by atoms with E-state index in [-0.39, 0.29) is 24.8 Å². The Balaban J connectivity index is 3.47. The van der Waals surface area contributed by atoms with Gasteiger partial charge in [0.15, 0.2) is 0 Å². The van der Waals surface area contributed by atoms with Gasteiger partial charge in [-0.2, -0.15) is 0 Å². The number of carbonyl (C=O) groups is 4. The van der Waals surface area contributed by atoms with Crippen LogP contribution in [0.15, 0.2) is 24.3 Å². The fraction of sp³-hybridized carbons (Fsp3) is 0.630. The third-order valence-electron chi connectivity index (χ3n) is 5.47. The molecule has 0 aliphatic rings. The van der Waals surface area contributed by atoms with E-state index in [0.29, 0.717) is 5.56 Å². The number of nitrogens with zero attached hydrogens (tertiary/aromatic N) is 1. The van der Waals surface area contributed by atoms with Crippen LogP contribution in [0.5, 0.6) is 0 Å². The van der Waals surface area contributed by atoms with E-state index in [4.69, 9.17) is 10.5 Å². The lowest BCUT2D eigenvalue weighted by atomic mass is 9.98. The number of ether oxygens (including phenoxy) is 1. The number of nitrogens with two attached hydrogens (primary N) is 1. The van der Waals surface area contributed by atoms with Crippen LogP contribution in [0.4, 0.5) is 4.79 Å². The number of primary amides is 1. The van der Waals surface area contributed by atoms with Gasteiger partial charge in [-0.15, -0.1) is 0 Å².